The predicted octanol–water partition coefficient (Wildman–Crippen LogP) is 13.0. The van der Waals surface area contributed by atoms with Crippen LogP contribution in [0.2, 0.25) is 0 Å². The fourth-order valence-corrected chi connectivity index (χ4v) is 7.86. The van der Waals surface area contributed by atoms with E-state index < -0.39 is 0 Å². The summed E-state index contributed by atoms with van der Waals surface area (Å²) in [5.74, 6) is 0. The number of hydrogen-bond acceptors (Lipinski definition) is 3. The van der Waals surface area contributed by atoms with Gasteiger partial charge in [0.15, 0.2) is 0 Å². The molecule has 8 aromatic carbocycles. The zero-order valence-electron chi connectivity index (χ0n) is 25.1. The molecule has 11 rings (SSSR count). The Balaban J connectivity index is 1.31. The maximum atomic E-state index is 6.76. The standard InChI is InChI=1S/C44H24O3/c1-3-15-30-28(13-1)40(25-21-22-39-33(23-25)26-11-5-8-18-36(26)45-39)29-14-2-4-16-31(29)41(30)35-24-34-27-12-6-9-19-37(27)46-43(34)42-32-17-7-10-20-38(32)47-44(35)42/h1-24H. The highest BCUT2D eigenvalue weighted by Gasteiger charge is 2.24. The van der Waals surface area contributed by atoms with Gasteiger partial charge in [-0.25, -0.2) is 0 Å². The fraction of sp³-hybridized carbons (Fsp3) is 0. The zero-order valence-corrected chi connectivity index (χ0v) is 25.1. The van der Waals surface area contributed by atoms with Crippen LogP contribution in [0.3, 0.4) is 0 Å². The summed E-state index contributed by atoms with van der Waals surface area (Å²) in [6.45, 7) is 0. The molecule has 3 aromatic heterocycles. The van der Waals surface area contributed by atoms with E-state index in [0.29, 0.717) is 0 Å². The second-order valence-electron chi connectivity index (χ2n) is 12.4. The molecular formula is C44H24O3. The molecule has 0 saturated carbocycles. The van der Waals surface area contributed by atoms with Crippen LogP contribution in [-0.4, -0.2) is 0 Å². The number of benzene rings is 8. The van der Waals surface area contributed by atoms with E-state index in [9.17, 15) is 0 Å². The molecule has 3 heterocycles. The summed E-state index contributed by atoms with van der Waals surface area (Å²) in [7, 11) is 0. The minimum Gasteiger partial charge on any atom is -0.456 e. The molecule has 0 amide bonds. The number of para-hydroxylation sites is 3. The summed E-state index contributed by atoms with van der Waals surface area (Å²) in [4.78, 5) is 0. The van der Waals surface area contributed by atoms with Crippen LogP contribution in [0, 0.1) is 0 Å². The maximum absolute atomic E-state index is 6.76. The Bertz CT molecular complexity index is 3020. The van der Waals surface area contributed by atoms with E-state index >= 15 is 0 Å². The van der Waals surface area contributed by atoms with Gasteiger partial charge in [-0.2, -0.15) is 0 Å². The first kappa shape index (κ1) is 24.9. The Kier molecular flexibility index (Phi) is 4.84. The number of furan rings is 3. The van der Waals surface area contributed by atoms with Gasteiger partial charge in [-0.15, -0.1) is 0 Å². The zero-order chi connectivity index (χ0) is 30.6. The van der Waals surface area contributed by atoms with E-state index in [0.717, 1.165) is 82.5 Å². The molecule has 0 aliphatic heterocycles. The molecule has 3 nitrogen and oxygen atoms in total. The molecule has 0 bridgehead atoms. The van der Waals surface area contributed by atoms with Gasteiger partial charge in [-0.3, -0.25) is 0 Å². The smallest absolute Gasteiger partial charge is 0.147 e. The van der Waals surface area contributed by atoms with E-state index in [-0.39, 0.29) is 0 Å². The Morgan fingerprint density at radius 1 is 0.298 bits per heavy atom. The molecule has 0 radical (unpaired) electrons. The van der Waals surface area contributed by atoms with Crippen molar-refractivity contribution in [2.75, 3.05) is 0 Å². The van der Waals surface area contributed by atoms with Crippen LogP contribution in [0.1, 0.15) is 0 Å². The third-order valence-corrected chi connectivity index (χ3v) is 9.86. The van der Waals surface area contributed by atoms with Crippen LogP contribution < -0.4 is 0 Å². The second-order valence-corrected chi connectivity index (χ2v) is 12.4. The lowest BCUT2D eigenvalue weighted by Crippen LogP contribution is -1.91. The normalized spacial score (nSPS) is 12.3. The highest BCUT2D eigenvalue weighted by atomic mass is 16.3. The van der Waals surface area contributed by atoms with Crippen LogP contribution in [0.5, 0.6) is 0 Å². The molecule has 11 aromatic rings. The quantitative estimate of drug-likeness (QED) is 0.185. The van der Waals surface area contributed by atoms with Gasteiger partial charge in [0.2, 0.25) is 0 Å². The van der Waals surface area contributed by atoms with Crippen LogP contribution >= 0.6 is 0 Å². The van der Waals surface area contributed by atoms with Gasteiger partial charge in [-0.05, 0) is 69.1 Å². The van der Waals surface area contributed by atoms with Gasteiger partial charge >= 0.3 is 0 Å². The largest absolute Gasteiger partial charge is 0.456 e. The minimum absolute atomic E-state index is 0.840. The van der Waals surface area contributed by atoms with Gasteiger partial charge < -0.3 is 13.3 Å². The minimum atomic E-state index is 0.840. The van der Waals surface area contributed by atoms with Gasteiger partial charge in [0, 0.05) is 38.1 Å². The van der Waals surface area contributed by atoms with E-state index in [1.54, 1.807) is 0 Å². The Labute approximate surface area is 267 Å². The van der Waals surface area contributed by atoms with Crippen molar-refractivity contribution in [1.82, 2.24) is 0 Å². The Hall–Kier alpha value is -6.32. The lowest BCUT2D eigenvalue weighted by atomic mass is 9.85. The Morgan fingerprint density at radius 3 is 1.43 bits per heavy atom. The molecule has 0 unspecified atom stereocenters. The molecule has 0 spiro atoms. The first-order valence-electron chi connectivity index (χ1n) is 15.9. The van der Waals surface area contributed by atoms with Crippen LogP contribution in [0.15, 0.2) is 159 Å². The van der Waals surface area contributed by atoms with Crippen molar-refractivity contribution in [2.24, 2.45) is 0 Å². The molecular weight excluding hydrogens is 576 g/mol. The highest BCUT2D eigenvalue weighted by Crippen LogP contribution is 2.49. The van der Waals surface area contributed by atoms with Crippen LogP contribution in [0.4, 0.5) is 0 Å². The third kappa shape index (κ3) is 3.35. The van der Waals surface area contributed by atoms with Gasteiger partial charge in [0.1, 0.15) is 33.5 Å². The lowest BCUT2D eigenvalue weighted by molar-refractivity contribution is 0.663. The maximum Gasteiger partial charge on any atom is 0.147 e. The van der Waals surface area contributed by atoms with Gasteiger partial charge in [0.25, 0.3) is 0 Å². The SMILES string of the molecule is c1ccc2c(c1)oc1ccc(-c3c4ccccc4c(-c4cc5c6ccccc6oc5c5c4oc4ccccc45)c4ccccc34)cc12. The topological polar surface area (TPSA) is 39.4 Å². The van der Waals surface area contributed by atoms with Crippen molar-refractivity contribution in [1.29, 1.82) is 0 Å². The van der Waals surface area contributed by atoms with Crippen molar-refractivity contribution in [3.8, 4) is 22.3 Å². The lowest BCUT2D eigenvalue weighted by Gasteiger charge is -2.18. The predicted molar refractivity (Wildman–Crippen MR) is 194 cm³/mol. The van der Waals surface area contributed by atoms with Crippen molar-refractivity contribution in [3.63, 3.8) is 0 Å². The van der Waals surface area contributed by atoms with Crippen LogP contribution in [0.25, 0.3) is 110 Å². The van der Waals surface area contributed by atoms with Crippen molar-refractivity contribution < 1.29 is 13.3 Å². The van der Waals surface area contributed by atoms with Crippen molar-refractivity contribution in [3.05, 3.63) is 146 Å². The number of rotatable bonds is 2. The summed E-state index contributed by atoms with van der Waals surface area (Å²) in [5.41, 5.74) is 9.82. The van der Waals surface area contributed by atoms with Gasteiger partial charge in [0.05, 0.1) is 5.39 Å². The number of hydrogen-bond donors (Lipinski definition) is 0. The molecule has 0 aliphatic rings. The summed E-state index contributed by atoms with van der Waals surface area (Å²) in [5, 5.41) is 11.2. The molecule has 0 aliphatic carbocycles. The van der Waals surface area contributed by atoms with Gasteiger partial charge in [-0.1, -0.05) is 109 Å². The third-order valence-electron chi connectivity index (χ3n) is 9.86. The first-order chi connectivity index (χ1) is 23.3. The monoisotopic (exact) mass is 600 g/mol. The average Bonchev–Trinajstić information content (AvgIpc) is 3.81. The summed E-state index contributed by atoms with van der Waals surface area (Å²) >= 11 is 0. The van der Waals surface area contributed by atoms with E-state index in [1.807, 2.05) is 36.4 Å². The Morgan fingerprint density at radius 2 is 0.766 bits per heavy atom. The molecule has 3 heteroatoms. The second kappa shape index (κ2) is 9.12. The van der Waals surface area contributed by atoms with E-state index in [2.05, 4.69) is 109 Å². The summed E-state index contributed by atoms with van der Waals surface area (Å²) in [6.07, 6.45) is 0. The average molecular weight is 601 g/mol. The molecule has 0 saturated heterocycles. The summed E-state index contributed by atoms with van der Waals surface area (Å²) in [6, 6.07) is 51.3. The first-order valence-corrected chi connectivity index (χ1v) is 15.9. The molecule has 0 fully saturated rings. The molecule has 0 atom stereocenters. The molecule has 0 N–H and O–H groups in total. The number of fused-ring (bicyclic) bond motifs is 12. The molecule has 47 heavy (non-hydrogen) atoms. The summed E-state index contributed by atoms with van der Waals surface area (Å²) < 4.78 is 19.5. The fourth-order valence-electron chi connectivity index (χ4n) is 7.86. The molecule has 218 valence electrons. The van der Waals surface area contributed by atoms with Crippen molar-refractivity contribution >= 4 is 87.4 Å². The van der Waals surface area contributed by atoms with Crippen molar-refractivity contribution in [2.45, 2.75) is 0 Å². The highest BCUT2D eigenvalue weighted by molar-refractivity contribution is 6.29. The van der Waals surface area contributed by atoms with Crippen LogP contribution in [-0.2, 0) is 0 Å². The van der Waals surface area contributed by atoms with E-state index in [4.69, 9.17) is 13.3 Å². The van der Waals surface area contributed by atoms with E-state index in [1.165, 1.54) is 27.1 Å².